The van der Waals surface area contributed by atoms with Gasteiger partial charge >= 0.3 is 5.97 Å². The van der Waals surface area contributed by atoms with Crippen molar-refractivity contribution < 1.29 is 9.90 Å². The van der Waals surface area contributed by atoms with Crippen LogP contribution in [0.5, 0.6) is 0 Å². The van der Waals surface area contributed by atoms with Crippen LogP contribution in [-0.2, 0) is 11.2 Å². The summed E-state index contributed by atoms with van der Waals surface area (Å²) in [6.45, 7) is 0.654. The molecule has 0 heterocycles. The highest BCUT2D eigenvalue weighted by Crippen LogP contribution is 2.17. The van der Waals surface area contributed by atoms with E-state index in [0.717, 1.165) is 16.2 Å². The molecule has 0 unspecified atom stereocenters. The molecule has 0 saturated heterocycles. The topological polar surface area (TPSA) is 63.3 Å². The van der Waals surface area contributed by atoms with Gasteiger partial charge in [0, 0.05) is 17.2 Å². The monoisotopic (exact) mass is 211 g/mol. The summed E-state index contributed by atoms with van der Waals surface area (Å²) in [4.78, 5) is 11.5. The summed E-state index contributed by atoms with van der Waals surface area (Å²) < 4.78 is 0. The van der Waals surface area contributed by atoms with Crippen molar-refractivity contribution in [2.24, 2.45) is 5.73 Å². The minimum absolute atomic E-state index is 0.0852. The Balaban J connectivity index is 2.54. The van der Waals surface area contributed by atoms with Crippen molar-refractivity contribution in [1.29, 1.82) is 0 Å². The van der Waals surface area contributed by atoms with E-state index >= 15 is 0 Å². The predicted molar refractivity (Wildman–Crippen MR) is 57.6 cm³/mol. The maximum absolute atomic E-state index is 10.4. The first-order chi connectivity index (χ1) is 6.72. The lowest BCUT2D eigenvalue weighted by atomic mass is 10.2. The van der Waals surface area contributed by atoms with Gasteiger partial charge in [-0.2, -0.15) is 0 Å². The van der Waals surface area contributed by atoms with Crippen LogP contribution in [0.25, 0.3) is 0 Å². The van der Waals surface area contributed by atoms with Crippen LogP contribution in [-0.4, -0.2) is 23.4 Å². The Morgan fingerprint density at radius 1 is 1.36 bits per heavy atom. The number of carboxylic acid groups (broad SMARTS) is 1. The Bertz CT molecular complexity index is 297. The molecule has 0 aliphatic rings. The number of carboxylic acids is 1. The molecule has 1 rings (SSSR count). The number of thioether (sulfide) groups is 1. The Hall–Kier alpha value is -1.00. The van der Waals surface area contributed by atoms with E-state index in [1.165, 1.54) is 0 Å². The summed E-state index contributed by atoms with van der Waals surface area (Å²) in [6, 6.07) is 7.54. The van der Waals surface area contributed by atoms with Gasteiger partial charge in [-0.15, -0.1) is 11.8 Å². The lowest BCUT2D eigenvalue weighted by Gasteiger charge is -2.01. The minimum Gasteiger partial charge on any atom is -0.481 e. The molecule has 0 fully saturated rings. The molecule has 0 saturated carbocycles. The van der Waals surface area contributed by atoms with Crippen molar-refractivity contribution in [3.63, 3.8) is 0 Å². The zero-order chi connectivity index (χ0) is 10.4. The van der Waals surface area contributed by atoms with E-state index in [-0.39, 0.29) is 6.42 Å². The lowest BCUT2D eigenvalue weighted by molar-refractivity contribution is -0.136. The Kier molecular flexibility index (Phi) is 4.49. The summed E-state index contributed by atoms with van der Waals surface area (Å²) in [5.41, 5.74) is 6.20. The second-order valence-electron chi connectivity index (χ2n) is 2.85. The van der Waals surface area contributed by atoms with Crippen molar-refractivity contribution in [1.82, 2.24) is 0 Å². The molecule has 0 bridgehead atoms. The third kappa shape index (κ3) is 3.81. The maximum Gasteiger partial charge on any atom is 0.307 e. The first-order valence-electron chi connectivity index (χ1n) is 4.36. The Morgan fingerprint density at radius 2 is 2.00 bits per heavy atom. The van der Waals surface area contributed by atoms with E-state index in [1.54, 1.807) is 11.8 Å². The quantitative estimate of drug-likeness (QED) is 0.722. The van der Waals surface area contributed by atoms with Crippen LogP contribution in [0.3, 0.4) is 0 Å². The average molecular weight is 211 g/mol. The Labute approximate surface area is 87.3 Å². The fraction of sp³-hybridized carbons (Fsp3) is 0.300. The van der Waals surface area contributed by atoms with Crippen LogP contribution in [0, 0.1) is 0 Å². The van der Waals surface area contributed by atoms with Gasteiger partial charge in [-0.1, -0.05) is 12.1 Å². The second-order valence-corrected chi connectivity index (χ2v) is 4.02. The van der Waals surface area contributed by atoms with Gasteiger partial charge < -0.3 is 10.8 Å². The number of benzene rings is 1. The zero-order valence-corrected chi connectivity index (χ0v) is 8.59. The normalized spacial score (nSPS) is 10.1. The standard InChI is InChI=1S/C10H13NO2S/c11-5-6-14-9-3-1-8(2-4-9)7-10(12)13/h1-4H,5-7,11H2,(H,12,13). The summed E-state index contributed by atoms with van der Waals surface area (Å²) in [5.74, 6) is 0.0884. The maximum atomic E-state index is 10.4. The Morgan fingerprint density at radius 3 is 2.50 bits per heavy atom. The fourth-order valence-corrected chi connectivity index (χ4v) is 1.74. The number of rotatable bonds is 5. The largest absolute Gasteiger partial charge is 0.481 e. The number of nitrogens with two attached hydrogens (primary N) is 1. The van der Waals surface area contributed by atoms with E-state index in [0.29, 0.717) is 6.54 Å². The number of aliphatic carboxylic acids is 1. The van der Waals surface area contributed by atoms with Gasteiger partial charge in [-0.3, -0.25) is 4.79 Å². The highest BCUT2D eigenvalue weighted by Gasteiger charge is 1.99. The molecule has 4 heteroatoms. The smallest absolute Gasteiger partial charge is 0.307 e. The van der Waals surface area contributed by atoms with E-state index in [1.807, 2.05) is 24.3 Å². The van der Waals surface area contributed by atoms with Crippen LogP contribution >= 0.6 is 11.8 Å². The summed E-state index contributed by atoms with van der Waals surface area (Å²) in [7, 11) is 0. The second kappa shape index (κ2) is 5.67. The van der Waals surface area contributed by atoms with Crippen LogP contribution in [0.1, 0.15) is 5.56 Å². The predicted octanol–water partition coefficient (Wildman–Crippen LogP) is 1.36. The van der Waals surface area contributed by atoms with Crippen LogP contribution < -0.4 is 5.73 Å². The molecule has 1 aromatic rings. The SMILES string of the molecule is NCCSc1ccc(CC(=O)O)cc1. The molecule has 14 heavy (non-hydrogen) atoms. The van der Waals surface area contributed by atoms with E-state index in [9.17, 15) is 4.79 Å². The molecule has 0 atom stereocenters. The van der Waals surface area contributed by atoms with Gasteiger partial charge in [0.1, 0.15) is 0 Å². The van der Waals surface area contributed by atoms with E-state index in [2.05, 4.69) is 0 Å². The summed E-state index contributed by atoms with van der Waals surface area (Å²) in [5, 5.41) is 8.56. The van der Waals surface area contributed by atoms with Crippen LogP contribution in [0.4, 0.5) is 0 Å². The van der Waals surface area contributed by atoms with Crippen molar-refractivity contribution >= 4 is 17.7 Å². The molecular weight excluding hydrogens is 198 g/mol. The molecule has 0 spiro atoms. The van der Waals surface area contributed by atoms with Crippen molar-refractivity contribution in [3.05, 3.63) is 29.8 Å². The van der Waals surface area contributed by atoms with Crippen LogP contribution in [0.2, 0.25) is 0 Å². The molecule has 3 N–H and O–H groups in total. The molecule has 3 nitrogen and oxygen atoms in total. The van der Waals surface area contributed by atoms with E-state index < -0.39 is 5.97 Å². The highest BCUT2D eigenvalue weighted by molar-refractivity contribution is 7.99. The average Bonchev–Trinajstić information content (AvgIpc) is 2.16. The third-order valence-electron chi connectivity index (χ3n) is 1.67. The molecule has 0 aliphatic heterocycles. The van der Waals surface area contributed by atoms with Gasteiger partial charge in [0.2, 0.25) is 0 Å². The molecule has 0 aromatic heterocycles. The van der Waals surface area contributed by atoms with Crippen molar-refractivity contribution in [2.45, 2.75) is 11.3 Å². The fourth-order valence-electron chi connectivity index (χ4n) is 1.05. The molecule has 0 amide bonds. The first kappa shape index (κ1) is 11.1. The van der Waals surface area contributed by atoms with Crippen molar-refractivity contribution in [3.8, 4) is 0 Å². The third-order valence-corrected chi connectivity index (χ3v) is 2.71. The van der Waals surface area contributed by atoms with Gasteiger partial charge in [-0.05, 0) is 17.7 Å². The molecule has 1 aromatic carbocycles. The number of carbonyl (C=O) groups is 1. The molecule has 76 valence electrons. The molecule has 0 radical (unpaired) electrons. The zero-order valence-electron chi connectivity index (χ0n) is 7.77. The molecule has 0 aliphatic carbocycles. The van der Waals surface area contributed by atoms with E-state index in [4.69, 9.17) is 10.8 Å². The van der Waals surface area contributed by atoms with Gasteiger partial charge in [-0.25, -0.2) is 0 Å². The lowest BCUT2D eigenvalue weighted by Crippen LogP contribution is -2.01. The minimum atomic E-state index is -0.799. The molecular formula is C10H13NO2S. The number of hydrogen-bond donors (Lipinski definition) is 2. The summed E-state index contributed by atoms with van der Waals surface area (Å²) >= 11 is 1.68. The van der Waals surface area contributed by atoms with Gasteiger partial charge in [0.15, 0.2) is 0 Å². The summed E-state index contributed by atoms with van der Waals surface area (Å²) in [6.07, 6.45) is 0.0852. The van der Waals surface area contributed by atoms with Gasteiger partial charge in [0.05, 0.1) is 6.42 Å². The highest BCUT2D eigenvalue weighted by atomic mass is 32.2. The van der Waals surface area contributed by atoms with Gasteiger partial charge in [0.25, 0.3) is 0 Å². The first-order valence-corrected chi connectivity index (χ1v) is 5.34. The van der Waals surface area contributed by atoms with Crippen LogP contribution in [0.15, 0.2) is 29.2 Å². The number of hydrogen-bond acceptors (Lipinski definition) is 3. The van der Waals surface area contributed by atoms with Crippen molar-refractivity contribution in [2.75, 3.05) is 12.3 Å².